The van der Waals surface area contributed by atoms with E-state index in [-0.39, 0.29) is 17.8 Å². The fourth-order valence-corrected chi connectivity index (χ4v) is 3.87. The van der Waals surface area contributed by atoms with Crippen molar-refractivity contribution in [3.05, 3.63) is 71.0 Å². The molecule has 0 fully saturated rings. The number of benzene rings is 2. The van der Waals surface area contributed by atoms with Gasteiger partial charge in [0.25, 0.3) is 0 Å². The molecule has 0 bridgehead atoms. The molecule has 0 N–H and O–H groups in total. The highest BCUT2D eigenvalue weighted by atomic mass is 35.5. The molecule has 0 aliphatic carbocycles. The molecule has 1 atom stereocenters. The van der Waals surface area contributed by atoms with E-state index in [4.69, 9.17) is 21.1 Å². The van der Waals surface area contributed by atoms with Gasteiger partial charge in [-0.3, -0.25) is 9.36 Å². The SMILES string of the molecule is CCOC(=O)C(CC)Sc1nnc(COc2ccc(Cl)cc2)n1Cc1ccccc1. The van der Waals surface area contributed by atoms with Crippen molar-refractivity contribution in [3.8, 4) is 5.75 Å². The van der Waals surface area contributed by atoms with Gasteiger partial charge in [0.15, 0.2) is 11.0 Å². The fourth-order valence-electron chi connectivity index (χ4n) is 2.78. The molecular formula is C22H24ClN3O3S. The minimum atomic E-state index is -0.339. The molecule has 0 spiro atoms. The number of halogens is 1. The summed E-state index contributed by atoms with van der Waals surface area (Å²) in [5, 5.41) is 9.63. The van der Waals surface area contributed by atoms with Crippen LogP contribution < -0.4 is 4.74 Å². The Bertz CT molecular complexity index is 948. The number of carbonyl (C=O) groups is 1. The van der Waals surface area contributed by atoms with Gasteiger partial charge in [0.2, 0.25) is 0 Å². The predicted octanol–water partition coefficient (Wildman–Crippen LogP) is 4.99. The Morgan fingerprint density at radius 2 is 1.83 bits per heavy atom. The third-order valence-electron chi connectivity index (χ3n) is 4.33. The summed E-state index contributed by atoms with van der Waals surface area (Å²) in [4.78, 5) is 12.3. The molecule has 6 nitrogen and oxygen atoms in total. The molecule has 0 aliphatic rings. The lowest BCUT2D eigenvalue weighted by atomic mass is 10.2. The number of ether oxygens (including phenoxy) is 2. The van der Waals surface area contributed by atoms with E-state index in [1.54, 1.807) is 19.1 Å². The zero-order chi connectivity index (χ0) is 21.3. The standard InChI is InChI=1S/C22H24ClN3O3S/c1-3-19(21(27)28-4-2)30-22-25-24-20(15-29-18-12-10-17(23)11-13-18)26(22)14-16-8-6-5-7-9-16/h5-13,19H,3-4,14-15H2,1-2H3. The average molecular weight is 446 g/mol. The van der Waals surface area contributed by atoms with E-state index in [1.807, 2.05) is 54.0 Å². The van der Waals surface area contributed by atoms with E-state index >= 15 is 0 Å². The van der Waals surface area contributed by atoms with Crippen LogP contribution in [-0.4, -0.2) is 32.6 Å². The van der Waals surface area contributed by atoms with Gasteiger partial charge in [-0.05, 0) is 43.2 Å². The maximum Gasteiger partial charge on any atom is 0.319 e. The number of nitrogens with zero attached hydrogens (tertiary/aromatic N) is 3. The van der Waals surface area contributed by atoms with Crippen molar-refractivity contribution in [2.45, 2.75) is 43.8 Å². The minimum absolute atomic E-state index is 0.238. The first-order valence-electron chi connectivity index (χ1n) is 9.78. The molecule has 1 aromatic heterocycles. The molecule has 3 rings (SSSR count). The van der Waals surface area contributed by atoms with Crippen molar-refractivity contribution in [2.24, 2.45) is 0 Å². The molecule has 30 heavy (non-hydrogen) atoms. The molecule has 0 radical (unpaired) electrons. The molecule has 3 aromatic rings. The second-order valence-corrected chi connectivity index (χ2v) is 8.09. The molecule has 2 aromatic carbocycles. The number of esters is 1. The van der Waals surface area contributed by atoms with Gasteiger partial charge in [-0.2, -0.15) is 0 Å². The van der Waals surface area contributed by atoms with Crippen LogP contribution in [-0.2, 0) is 22.7 Å². The Hall–Kier alpha value is -2.51. The monoisotopic (exact) mass is 445 g/mol. The van der Waals surface area contributed by atoms with Crippen LogP contribution in [0.5, 0.6) is 5.75 Å². The molecule has 0 amide bonds. The molecule has 1 heterocycles. The van der Waals surface area contributed by atoms with E-state index in [0.29, 0.717) is 41.3 Å². The lowest BCUT2D eigenvalue weighted by Gasteiger charge is -2.15. The predicted molar refractivity (Wildman–Crippen MR) is 118 cm³/mol. The van der Waals surface area contributed by atoms with Gasteiger partial charge in [0, 0.05) is 5.02 Å². The van der Waals surface area contributed by atoms with E-state index in [2.05, 4.69) is 10.2 Å². The van der Waals surface area contributed by atoms with Crippen molar-refractivity contribution in [2.75, 3.05) is 6.61 Å². The maximum atomic E-state index is 12.3. The Kier molecular flexibility index (Phi) is 8.16. The molecule has 0 aliphatic heterocycles. The van der Waals surface area contributed by atoms with Crippen molar-refractivity contribution in [1.29, 1.82) is 0 Å². The van der Waals surface area contributed by atoms with Crippen molar-refractivity contribution in [3.63, 3.8) is 0 Å². The van der Waals surface area contributed by atoms with Gasteiger partial charge in [-0.25, -0.2) is 0 Å². The highest BCUT2D eigenvalue weighted by molar-refractivity contribution is 8.00. The van der Waals surface area contributed by atoms with Crippen molar-refractivity contribution >= 4 is 29.3 Å². The second kappa shape index (κ2) is 11.0. The summed E-state index contributed by atoms with van der Waals surface area (Å²) < 4.78 is 13.1. The third-order valence-corrected chi connectivity index (χ3v) is 5.90. The van der Waals surface area contributed by atoms with E-state index in [1.165, 1.54) is 11.8 Å². The van der Waals surface area contributed by atoms with Crippen LogP contribution in [0.1, 0.15) is 31.7 Å². The molecule has 158 valence electrons. The highest BCUT2D eigenvalue weighted by Gasteiger charge is 2.24. The van der Waals surface area contributed by atoms with Gasteiger partial charge < -0.3 is 9.47 Å². The first-order chi connectivity index (χ1) is 14.6. The number of hydrogen-bond acceptors (Lipinski definition) is 6. The smallest absolute Gasteiger partial charge is 0.319 e. The maximum absolute atomic E-state index is 12.3. The van der Waals surface area contributed by atoms with Crippen LogP contribution in [0, 0.1) is 0 Å². The highest BCUT2D eigenvalue weighted by Crippen LogP contribution is 2.27. The summed E-state index contributed by atoms with van der Waals surface area (Å²) >= 11 is 7.30. The topological polar surface area (TPSA) is 66.2 Å². The normalized spacial score (nSPS) is 11.8. The lowest BCUT2D eigenvalue weighted by Crippen LogP contribution is -2.20. The number of rotatable bonds is 10. The van der Waals surface area contributed by atoms with Crippen molar-refractivity contribution in [1.82, 2.24) is 14.8 Å². The van der Waals surface area contributed by atoms with Gasteiger partial charge in [0.1, 0.15) is 17.6 Å². The van der Waals surface area contributed by atoms with E-state index in [0.717, 1.165) is 5.56 Å². The van der Waals surface area contributed by atoms with E-state index in [9.17, 15) is 4.79 Å². The van der Waals surface area contributed by atoms with Crippen LogP contribution in [0.15, 0.2) is 59.8 Å². The molecule has 8 heteroatoms. The number of thioether (sulfide) groups is 1. The minimum Gasteiger partial charge on any atom is -0.486 e. The van der Waals surface area contributed by atoms with E-state index < -0.39 is 0 Å². The summed E-state index contributed by atoms with van der Waals surface area (Å²) in [7, 11) is 0. The first-order valence-corrected chi connectivity index (χ1v) is 11.0. The van der Waals surface area contributed by atoms with Gasteiger partial charge in [0.05, 0.1) is 13.2 Å². The van der Waals surface area contributed by atoms with Crippen LogP contribution >= 0.6 is 23.4 Å². The second-order valence-electron chi connectivity index (χ2n) is 6.48. The van der Waals surface area contributed by atoms with Crippen LogP contribution in [0.4, 0.5) is 0 Å². The quantitative estimate of drug-likeness (QED) is 0.323. The number of hydrogen-bond donors (Lipinski definition) is 0. The average Bonchev–Trinajstić information content (AvgIpc) is 3.13. The Balaban J connectivity index is 1.82. The van der Waals surface area contributed by atoms with Crippen LogP contribution in [0.3, 0.4) is 0 Å². The summed E-state index contributed by atoms with van der Waals surface area (Å²) in [5.41, 5.74) is 1.11. The zero-order valence-corrected chi connectivity index (χ0v) is 18.5. The first kappa shape index (κ1) is 22.2. The summed E-state index contributed by atoms with van der Waals surface area (Å²) in [6.07, 6.45) is 0.637. The Morgan fingerprint density at radius 3 is 2.50 bits per heavy atom. The zero-order valence-electron chi connectivity index (χ0n) is 17.0. The number of aromatic nitrogens is 3. The van der Waals surface area contributed by atoms with Gasteiger partial charge in [-0.15, -0.1) is 10.2 Å². The molecular weight excluding hydrogens is 422 g/mol. The summed E-state index contributed by atoms with van der Waals surface area (Å²) in [6.45, 7) is 4.94. The van der Waals surface area contributed by atoms with Crippen molar-refractivity contribution < 1.29 is 14.3 Å². The Labute approximate surface area is 185 Å². The lowest BCUT2D eigenvalue weighted by molar-refractivity contribution is -0.142. The van der Waals surface area contributed by atoms with Crippen LogP contribution in [0.25, 0.3) is 0 Å². The summed E-state index contributed by atoms with van der Waals surface area (Å²) in [5.74, 6) is 1.13. The van der Waals surface area contributed by atoms with Gasteiger partial charge >= 0.3 is 5.97 Å². The molecule has 1 unspecified atom stereocenters. The largest absolute Gasteiger partial charge is 0.486 e. The van der Waals surface area contributed by atoms with Gasteiger partial charge in [-0.1, -0.05) is 60.6 Å². The third kappa shape index (κ3) is 6.00. The fraction of sp³-hybridized carbons (Fsp3) is 0.318. The number of carbonyl (C=O) groups excluding carboxylic acids is 1. The summed E-state index contributed by atoms with van der Waals surface area (Å²) in [6, 6.07) is 17.2. The molecule has 0 saturated carbocycles. The van der Waals surface area contributed by atoms with Crippen LogP contribution in [0.2, 0.25) is 5.02 Å². The Morgan fingerprint density at radius 1 is 1.10 bits per heavy atom. The molecule has 0 saturated heterocycles.